The number of rotatable bonds is 39. The van der Waals surface area contributed by atoms with Gasteiger partial charge in [0.15, 0.2) is 24.6 Å². The number of benzene rings is 7. The standard InChI is InChI=1S/C66H80N2O12S2.C36H48O8.Na/c1-8-51(77-44(3)69)41-50(70)42-54-43-52(9-2)79-64(80-54)49-25-31-53(32-26-49)78-63-47(29-35-59-65(4,5)61-55-23-12-10-19-45(55)27-33-57(61)67(59)37-14-16-39-81(71,72)73)21-18-22-48(63)30-36-60-66(6,7)62-56-24-13-11-20-46(56)28-34-58(62)68(60)38-15-17-40-82(74,75)76;1-5-25(3)10-7-8-11-34(38)40-21-9-20-39-31-18-14-28(15-19-31)35-41-26(4)22-32(43-35)24-33-23-30(6-2)42-36(44-33)27-12-16-29(37)17-13-27;/h10-13,19-20,23-36,50-52,54,64,70H,8-9,14-18,21-22,37-43H2,1-7H3,(H-,71,72,73,74,75,76);5,12-19,26,30,32-33,35-37H,1,3,6-11,20-24H2,2,4H3;/q;;+1/p-1. The summed E-state index contributed by atoms with van der Waals surface area (Å²) in [4.78, 5) is 25.9. The number of unbranched alkanes of at least 4 members (excludes halogenated alkanes) is 3. The summed E-state index contributed by atoms with van der Waals surface area (Å²) in [5, 5.41) is 25.3. The van der Waals surface area contributed by atoms with Crippen molar-refractivity contribution >= 4 is 70.8 Å². The van der Waals surface area contributed by atoms with Crippen LogP contribution in [0.5, 0.6) is 17.2 Å². The molecule has 25 heteroatoms. The molecule has 1 aliphatic carbocycles. The van der Waals surface area contributed by atoms with E-state index in [4.69, 9.17) is 47.4 Å². The number of aliphatic hydroxyl groups excluding tert-OH is 1. The average Bonchev–Trinajstić information content (AvgIpc) is 1.58. The fraction of sp³-hybridized carbons (Fsp3) is 0.480. The minimum absolute atomic E-state index is 0. The molecule has 6 aliphatic rings. The number of nitrogens with zero attached hydrogens (tertiary/aromatic N) is 2. The summed E-state index contributed by atoms with van der Waals surface area (Å²) in [6.45, 7) is 27.9. The minimum atomic E-state index is -4.37. The van der Waals surface area contributed by atoms with Gasteiger partial charge in [0.2, 0.25) is 5.69 Å². The van der Waals surface area contributed by atoms with Gasteiger partial charge >= 0.3 is 41.5 Å². The molecule has 0 amide bonds. The van der Waals surface area contributed by atoms with Gasteiger partial charge in [-0.05, 0) is 210 Å². The molecule has 0 aromatic heterocycles. The first-order valence-corrected chi connectivity index (χ1v) is 48.2. The number of carbonyl (C=O) groups excluding carboxylic acids is 2. The fourth-order valence-corrected chi connectivity index (χ4v) is 19.3. The van der Waals surface area contributed by atoms with Gasteiger partial charge < -0.3 is 71.6 Å². The van der Waals surface area contributed by atoms with Gasteiger partial charge in [0, 0.05) is 121 Å². The van der Waals surface area contributed by atoms with E-state index in [-0.39, 0.29) is 103 Å². The molecule has 5 heterocycles. The summed E-state index contributed by atoms with van der Waals surface area (Å²) in [7, 11) is -8.74. The predicted octanol–water partition coefficient (Wildman–Crippen LogP) is 17.6. The van der Waals surface area contributed by atoms with E-state index >= 15 is 0 Å². The Bertz CT molecular complexity index is 5310. The largest absolute Gasteiger partial charge is 1.00 e. The van der Waals surface area contributed by atoms with Crippen molar-refractivity contribution in [3.05, 3.63) is 245 Å². The Morgan fingerprint density at radius 3 is 1.82 bits per heavy atom. The summed E-state index contributed by atoms with van der Waals surface area (Å²) in [5.41, 5.74) is 11.2. The van der Waals surface area contributed by atoms with Gasteiger partial charge in [0.25, 0.3) is 0 Å². The van der Waals surface area contributed by atoms with Crippen LogP contribution in [-0.2, 0) is 78.6 Å². The quantitative estimate of drug-likeness (QED) is 0.00904. The van der Waals surface area contributed by atoms with Gasteiger partial charge in [-0.25, -0.2) is 16.8 Å². The maximum Gasteiger partial charge on any atom is 1.00 e. The van der Waals surface area contributed by atoms with E-state index in [2.05, 4.69) is 156 Å². The average molecular weight is 1790 g/mol. The molecule has 127 heavy (non-hydrogen) atoms. The zero-order chi connectivity index (χ0) is 89.9. The van der Waals surface area contributed by atoms with Crippen molar-refractivity contribution in [2.24, 2.45) is 0 Å². The van der Waals surface area contributed by atoms with Crippen LogP contribution in [0.4, 0.5) is 11.4 Å². The number of phenolic OH excluding ortho intramolecular Hbond substituents is 1. The second kappa shape index (κ2) is 46.1. The second-order valence-electron chi connectivity index (χ2n) is 35.1. The number of phenols is 1. The number of allylic oxidation sites excluding steroid dienone is 9. The molecule has 3 saturated heterocycles. The zero-order valence-corrected chi connectivity index (χ0v) is 79.2. The normalized spacial score (nSPS) is 22.7. The molecule has 0 spiro atoms. The number of ether oxygens (including phenoxy) is 10. The van der Waals surface area contributed by atoms with E-state index in [1.54, 1.807) is 18.2 Å². The molecule has 22 nitrogen and oxygen atoms in total. The monoisotopic (exact) mass is 1790 g/mol. The van der Waals surface area contributed by atoms with Gasteiger partial charge in [-0.15, -0.1) is 0 Å². The van der Waals surface area contributed by atoms with E-state index < -0.39 is 67.5 Å². The van der Waals surface area contributed by atoms with Gasteiger partial charge in [0.1, 0.15) is 35.7 Å². The fourth-order valence-electron chi connectivity index (χ4n) is 18.2. The Kier molecular flexibility index (Phi) is 36.1. The summed E-state index contributed by atoms with van der Waals surface area (Å²) in [5.74, 6) is 0.886. The Labute approximate surface area is 773 Å². The molecule has 0 bridgehead atoms. The van der Waals surface area contributed by atoms with Crippen LogP contribution in [-0.4, -0.2) is 145 Å². The van der Waals surface area contributed by atoms with Crippen molar-refractivity contribution in [1.29, 1.82) is 0 Å². The van der Waals surface area contributed by atoms with Crippen LogP contribution in [0.2, 0.25) is 0 Å². The van der Waals surface area contributed by atoms with Crippen molar-refractivity contribution in [2.45, 2.75) is 276 Å². The molecule has 678 valence electrons. The number of carbonyl (C=O) groups is 2. The van der Waals surface area contributed by atoms with Gasteiger partial charge in [-0.2, -0.15) is 4.58 Å². The Morgan fingerprint density at radius 1 is 0.630 bits per heavy atom. The number of aromatic hydroxyl groups is 1. The van der Waals surface area contributed by atoms with Crippen molar-refractivity contribution in [1.82, 2.24) is 0 Å². The topological polar surface area (TPSA) is 288 Å². The molecule has 7 aromatic rings. The van der Waals surface area contributed by atoms with Crippen molar-refractivity contribution in [3.8, 4) is 17.2 Å². The molecule has 7 aromatic carbocycles. The molecule has 0 radical (unpaired) electrons. The Balaban J connectivity index is 0.000000293. The van der Waals surface area contributed by atoms with E-state index in [1.807, 2.05) is 79.7 Å². The van der Waals surface area contributed by atoms with Gasteiger partial charge in [-0.1, -0.05) is 156 Å². The molecule has 13 rings (SSSR count). The van der Waals surface area contributed by atoms with Crippen LogP contribution in [0.25, 0.3) is 21.5 Å². The van der Waals surface area contributed by atoms with Crippen molar-refractivity contribution in [2.75, 3.05) is 42.7 Å². The predicted molar refractivity (Wildman–Crippen MR) is 489 cm³/mol. The smallest absolute Gasteiger partial charge is 0.748 e. The Morgan fingerprint density at radius 2 is 1.20 bits per heavy atom. The Hall–Kier alpha value is -8.15. The van der Waals surface area contributed by atoms with Crippen LogP contribution in [0, 0.1) is 0 Å². The van der Waals surface area contributed by atoms with E-state index in [9.17, 15) is 45.7 Å². The summed E-state index contributed by atoms with van der Waals surface area (Å²) >= 11 is 0. The SMILES string of the molecule is C=CC(=C)CCCCC(=O)OCCCOc1ccc(C2OC(C)CC(CC3CC(CC)OC(c4ccc(O)cc4)O3)O2)cc1.CCC(CC(O)CC1CC(CC)OC(c2ccc(OC3=C(/C=C/C4=[N+](CCCCS(=O)(=O)[O-])c5ccc6ccccc6c5C4(C)C)CCC/C3=C\C=C3\N(CCCCS(=O)(=O)[O-])c4ccc5ccccc5c4C3(C)C)cc2)O1)OC(C)=O.[Na+]. The minimum Gasteiger partial charge on any atom is -0.748 e. The maximum absolute atomic E-state index is 11.9. The summed E-state index contributed by atoms with van der Waals surface area (Å²) in [6.07, 6.45) is 20.7. The first-order valence-electron chi connectivity index (χ1n) is 45.1. The second-order valence-corrected chi connectivity index (χ2v) is 38.2. The van der Waals surface area contributed by atoms with Gasteiger partial charge in [0.05, 0.1) is 81.6 Å². The zero-order valence-electron chi connectivity index (χ0n) is 75.6. The molecule has 5 aliphatic heterocycles. The molecular weight excluding hydrogens is 1660 g/mol. The van der Waals surface area contributed by atoms with E-state index in [0.717, 1.165) is 154 Å². The van der Waals surface area contributed by atoms with E-state index in [1.165, 1.54) is 18.1 Å². The van der Waals surface area contributed by atoms with Crippen LogP contribution in [0.1, 0.15) is 244 Å². The number of hydrogen-bond acceptors (Lipinski definition) is 21. The molecule has 11 unspecified atom stereocenters. The maximum atomic E-state index is 11.9. The first-order chi connectivity index (χ1) is 60.4. The van der Waals surface area contributed by atoms with Crippen LogP contribution >= 0.6 is 0 Å². The molecular formula is C102H127N2NaO20S2. The molecule has 0 saturated carbocycles. The van der Waals surface area contributed by atoms with Gasteiger partial charge in [-0.3, -0.25) is 9.59 Å². The molecule has 11 atom stereocenters. The summed E-state index contributed by atoms with van der Waals surface area (Å²) in [6, 6.07) is 47.7. The number of anilines is 1. The van der Waals surface area contributed by atoms with E-state index in [0.29, 0.717) is 89.2 Å². The third-order valence-corrected chi connectivity index (χ3v) is 26.3. The van der Waals surface area contributed by atoms with Crippen molar-refractivity contribution < 1.29 is 127 Å². The van der Waals surface area contributed by atoms with Crippen LogP contribution in [0.15, 0.2) is 217 Å². The summed E-state index contributed by atoms with van der Waals surface area (Å²) < 4.78 is 134. The first kappa shape index (κ1) is 99.4. The third-order valence-electron chi connectivity index (χ3n) is 24.7. The number of hydrogen-bond donors (Lipinski definition) is 2. The number of esters is 2. The molecule has 3 fully saturated rings. The number of fused-ring (bicyclic) bond motifs is 6. The third kappa shape index (κ3) is 27.3. The number of aliphatic hydroxyl groups is 1. The molecule has 2 N–H and O–H groups in total. The van der Waals surface area contributed by atoms with Crippen molar-refractivity contribution in [3.63, 3.8) is 0 Å². The van der Waals surface area contributed by atoms with Crippen LogP contribution in [0.3, 0.4) is 0 Å². The van der Waals surface area contributed by atoms with Crippen LogP contribution < -0.4 is 43.9 Å².